The number of carbonyl (C=O) groups excluding carboxylic acids is 1. The first-order valence-electron chi connectivity index (χ1n) is 7.77. The summed E-state index contributed by atoms with van der Waals surface area (Å²) < 4.78 is 0. The van der Waals surface area contributed by atoms with Crippen molar-refractivity contribution < 1.29 is 4.79 Å². The Kier molecular flexibility index (Phi) is 5.05. The number of nitrogen functional groups attached to an aromatic ring is 1. The Morgan fingerprint density at radius 2 is 2.15 bits per heavy atom. The first-order chi connectivity index (χ1) is 9.61. The Morgan fingerprint density at radius 3 is 2.85 bits per heavy atom. The van der Waals surface area contributed by atoms with Crippen LogP contribution in [0.1, 0.15) is 54.9 Å². The van der Waals surface area contributed by atoms with Crippen LogP contribution in [0.2, 0.25) is 0 Å². The van der Waals surface area contributed by atoms with E-state index < -0.39 is 0 Å². The van der Waals surface area contributed by atoms with Gasteiger partial charge in [0.05, 0.1) is 5.56 Å². The first-order valence-corrected chi connectivity index (χ1v) is 7.77. The van der Waals surface area contributed by atoms with Crippen LogP contribution in [0.5, 0.6) is 0 Å². The van der Waals surface area contributed by atoms with E-state index in [0.29, 0.717) is 11.3 Å². The fraction of sp³-hybridized carbons (Fsp3) is 0.588. The zero-order chi connectivity index (χ0) is 14.5. The van der Waals surface area contributed by atoms with Gasteiger partial charge in [0.15, 0.2) is 0 Å². The molecule has 1 aliphatic rings. The molecule has 0 bridgehead atoms. The third kappa shape index (κ3) is 3.53. The van der Waals surface area contributed by atoms with E-state index >= 15 is 0 Å². The van der Waals surface area contributed by atoms with E-state index in [1.165, 1.54) is 19.3 Å². The van der Waals surface area contributed by atoms with E-state index in [0.717, 1.165) is 37.4 Å². The molecule has 0 radical (unpaired) electrons. The third-order valence-corrected chi connectivity index (χ3v) is 4.27. The molecular formula is C17H26N2O. The number of amides is 1. The van der Waals surface area contributed by atoms with Gasteiger partial charge in [0.2, 0.25) is 0 Å². The van der Waals surface area contributed by atoms with Crippen LogP contribution < -0.4 is 5.73 Å². The lowest BCUT2D eigenvalue weighted by atomic mass is 9.96. The average Bonchev–Trinajstić information content (AvgIpc) is 2.64. The Bertz CT molecular complexity index is 470. The highest BCUT2D eigenvalue weighted by atomic mass is 16.2. The number of nitrogens with two attached hydrogens (primary N) is 1. The van der Waals surface area contributed by atoms with Gasteiger partial charge in [-0.15, -0.1) is 0 Å². The van der Waals surface area contributed by atoms with E-state index in [4.69, 9.17) is 5.73 Å². The summed E-state index contributed by atoms with van der Waals surface area (Å²) in [7, 11) is 0. The summed E-state index contributed by atoms with van der Waals surface area (Å²) in [5.74, 6) is 0.882. The first kappa shape index (κ1) is 14.9. The number of likely N-dealkylation sites (tertiary alicyclic amines) is 1. The lowest BCUT2D eigenvalue weighted by molar-refractivity contribution is 0.0761. The van der Waals surface area contributed by atoms with Crippen molar-refractivity contribution >= 4 is 11.6 Å². The Balaban J connectivity index is 2.05. The minimum absolute atomic E-state index is 0.0969. The summed E-state index contributed by atoms with van der Waals surface area (Å²) in [5, 5.41) is 0. The van der Waals surface area contributed by atoms with Gasteiger partial charge in [-0.25, -0.2) is 0 Å². The molecule has 1 heterocycles. The zero-order valence-electron chi connectivity index (χ0n) is 12.7. The highest BCUT2D eigenvalue weighted by Crippen LogP contribution is 2.24. The maximum absolute atomic E-state index is 12.6. The smallest absolute Gasteiger partial charge is 0.255 e. The average molecular weight is 274 g/mol. The molecule has 1 aromatic rings. The van der Waals surface area contributed by atoms with Gasteiger partial charge in [-0.2, -0.15) is 0 Å². The summed E-state index contributed by atoms with van der Waals surface area (Å²) in [5.41, 5.74) is 8.35. The van der Waals surface area contributed by atoms with Crippen molar-refractivity contribution in [2.75, 3.05) is 18.8 Å². The molecule has 20 heavy (non-hydrogen) atoms. The molecular weight excluding hydrogens is 248 g/mol. The second kappa shape index (κ2) is 6.78. The number of anilines is 1. The van der Waals surface area contributed by atoms with E-state index in [1.807, 2.05) is 30.0 Å². The van der Waals surface area contributed by atoms with E-state index in [9.17, 15) is 4.79 Å². The largest absolute Gasteiger partial charge is 0.398 e. The molecule has 1 amide bonds. The van der Waals surface area contributed by atoms with Crippen LogP contribution in [-0.4, -0.2) is 23.9 Å². The van der Waals surface area contributed by atoms with Crippen molar-refractivity contribution in [1.29, 1.82) is 0 Å². The lowest BCUT2D eigenvalue weighted by Gasteiger charge is -2.21. The summed E-state index contributed by atoms with van der Waals surface area (Å²) >= 11 is 0. The summed E-state index contributed by atoms with van der Waals surface area (Å²) in [6.07, 6.45) is 6.02. The van der Waals surface area contributed by atoms with Crippen molar-refractivity contribution in [1.82, 2.24) is 4.90 Å². The summed E-state index contributed by atoms with van der Waals surface area (Å²) in [4.78, 5) is 14.6. The van der Waals surface area contributed by atoms with Crippen molar-refractivity contribution in [3.63, 3.8) is 0 Å². The standard InChI is InChI=1S/C17H26N2O/c1-3-5-14-6-4-10-19(11-9-14)17(20)15-8-7-13(2)12-16(15)18/h7-8,12,14H,3-6,9-11,18H2,1-2H3. The topological polar surface area (TPSA) is 46.3 Å². The monoisotopic (exact) mass is 274 g/mol. The molecule has 2 N–H and O–H groups in total. The van der Waals surface area contributed by atoms with Gasteiger partial charge < -0.3 is 10.6 Å². The van der Waals surface area contributed by atoms with Gasteiger partial charge in [-0.3, -0.25) is 4.79 Å². The van der Waals surface area contributed by atoms with Crippen LogP contribution in [0.4, 0.5) is 5.69 Å². The molecule has 1 unspecified atom stereocenters. The van der Waals surface area contributed by atoms with Gasteiger partial charge in [0.25, 0.3) is 5.91 Å². The summed E-state index contributed by atoms with van der Waals surface area (Å²) in [6.45, 7) is 5.97. The number of nitrogens with zero attached hydrogens (tertiary/aromatic N) is 1. The maximum atomic E-state index is 12.6. The molecule has 2 rings (SSSR count). The van der Waals surface area contributed by atoms with Crippen LogP contribution in [0, 0.1) is 12.8 Å². The second-order valence-corrected chi connectivity index (χ2v) is 5.97. The highest BCUT2D eigenvalue weighted by molar-refractivity contribution is 5.99. The van der Waals surface area contributed by atoms with Gasteiger partial charge in [-0.1, -0.05) is 25.8 Å². The van der Waals surface area contributed by atoms with Gasteiger partial charge >= 0.3 is 0 Å². The van der Waals surface area contributed by atoms with E-state index in [1.54, 1.807) is 0 Å². The summed E-state index contributed by atoms with van der Waals surface area (Å²) in [6, 6.07) is 5.70. The molecule has 3 heteroatoms. The molecule has 1 aromatic carbocycles. The lowest BCUT2D eigenvalue weighted by Crippen LogP contribution is -2.32. The number of hydrogen-bond acceptors (Lipinski definition) is 2. The minimum Gasteiger partial charge on any atom is -0.398 e. The van der Waals surface area contributed by atoms with Crippen molar-refractivity contribution in [3.05, 3.63) is 29.3 Å². The predicted molar refractivity (Wildman–Crippen MR) is 83.7 cm³/mol. The highest BCUT2D eigenvalue weighted by Gasteiger charge is 2.22. The Morgan fingerprint density at radius 1 is 1.35 bits per heavy atom. The number of carbonyl (C=O) groups is 1. The van der Waals surface area contributed by atoms with Gasteiger partial charge in [0.1, 0.15) is 0 Å². The molecule has 0 aromatic heterocycles. The van der Waals surface area contributed by atoms with Crippen LogP contribution in [0.25, 0.3) is 0 Å². The normalized spacial score (nSPS) is 19.7. The van der Waals surface area contributed by atoms with Crippen LogP contribution in [0.15, 0.2) is 18.2 Å². The minimum atomic E-state index is 0.0969. The van der Waals surface area contributed by atoms with Crippen molar-refractivity contribution in [2.24, 2.45) is 5.92 Å². The van der Waals surface area contributed by atoms with Crippen LogP contribution in [-0.2, 0) is 0 Å². The molecule has 1 saturated heterocycles. The van der Waals surface area contributed by atoms with Crippen molar-refractivity contribution in [2.45, 2.75) is 46.0 Å². The Labute approximate surface area is 122 Å². The van der Waals surface area contributed by atoms with Gasteiger partial charge in [-0.05, 0) is 49.8 Å². The maximum Gasteiger partial charge on any atom is 0.255 e. The number of hydrogen-bond donors (Lipinski definition) is 1. The van der Waals surface area contributed by atoms with Crippen LogP contribution in [0.3, 0.4) is 0 Å². The quantitative estimate of drug-likeness (QED) is 0.856. The van der Waals surface area contributed by atoms with E-state index in [-0.39, 0.29) is 5.91 Å². The van der Waals surface area contributed by atoms with Crippen LogP contribution >= 0.6 is 0 Å². The molecule has 0 spiro atoms. The molecule has 3 nitrogen and oxygen atoms in total. The molecule has 1 atom stereocenters. The third-order valence-electron chi connectivity index (χ3n) is 4.27. The zero-order valence-corrected chi connectivity index (χ0v) is 12.7. The number of benzene rings is 1. The number of rotatable bonds is 3. The Hall–Kier alpha value is -1.51. The van der Waals surface area contributed by atoms with Crippen molar-refractivity contribution in [3.8, 4) is 0 Å². The predicted octanol–water partition coefficient (Wildman–Crippen LogP) is 3.62. The fourth-order valence-electron chi connectivity index (χ4n) is 3.11. The van der Waals surface area contributed by atoms with E-state index in [2.05, 4.69) is 6.92 Å². The molecule has 110 valence electrons. The molecule has 1 fully saturated rings. The SMILES string of the molecule is CCCC1CCCN(C(=O)c2ccc(C)cc2N)CC1. The fourth-order valence-corrected chi connectivity index (χ4v) is 3.11. The molecule has 0 aliphatic carbocycles. The number of aryl methyl sites for hydroxylation is 1. The molecule has 0 saturated carbocycles. The molecule has 1 aliphatic heterocycles. The van der Waals surface area contributed by atoms with Gasteiger partial charge in [0, 0.05) is 18.8 Å². The second-order valence-electron chi connectivity index (χ2n) is 5.97.